The molecule has 2 unspecified atom stereocenters. The zero-order chi connectivity index (χ0) is 12.5. The molecule has 0 aliphatic heterocycles. The summed E-state index contributed by atoms with van der Waals surface area (Å²) in [4.78, 5) is 37.1. The van der Waals surface area contributed by atoms with Crippen LogP contribution in [0, 0.1) is 0 Å². The standard InChI is InChI=1S/C6H17NO6P2/c1-7(2,3)5-4-6(14(8,9)10)15(11,12)13/h6H,4-5H2,1-3H3,(H3-,8,9,10,11,12,13). The van der Waals surface area contributed by atoms with Gasteiger partial charge >= 0.3 is 7.60 Å². The molecule has 7 nitrogen and oxygen atoms in total. The number of nitrogens with zero attached hydrogens (tertiary/aromatic N) is 1. The zero-order valence-electron chi connectivity index (χ0n) is 8.90. The molecule has 0 amide bonds. The van der Waals surface area contributed by atoms with Crippen molar-refractivity contribution in [1.82, 2.24) is 0 Å². The monoisotopic (exact) mass is 261 g/mol. The Morgan fingerprint density at radius 3 is 1.80 bits per heavy atom. The Labute approximate surface area is 88.6 Å². The molecule has 0 aromatic rings. The number of rotatable bonds is 5. The van der Waals surface area contributed by atoms with Crippen molar-refractivity contribution in [3.8, 4) is 0 Å². The maximum absolute atomic E-state index is 10.9. The van der Waals surface area contributed by atoms with Crippen LogP contribution in [0.1, 0.15) is 6.42 Å². The fourth-order valence-electron chi connectivity index (χ4n) is 1.02. The van der Waals surface area contributed by atoms with Gasteiger partial charge in [-0.05, 0) is 0 Å². The highest BCUT2D eigenvalue weighted by atomic mass is 31.2. The van der Waals surface area contributed by atoms with Crippen LogP contribution in [0.2, 0.25) is 0 Å². The molecule has 0 spiro atoms. The van der Waals surface area contributed by atoms with E-state index in [1.165, 1.54) is 0 Å². The molecular weight excluding hydrogens is 244 g/mol. The van der Waals surface area contributed by atoms with Crippen LogP contribution >= 0.6 is 15.2 Å². The molecule has 2 atom stereocenters. The lowest BCUT2D eigenvalue weighted by atomic mass is 10.4. The topological polar surface area (TPSA) is 118 Å². The molecule has 0 saturated carbocycles. The second-order valence-corrected chi connectivity index (χ2v) is 8.40. The van der Waals surface area contributed by atoms with E-state index in [-0.39, 0.29) is 13.0 Å². The van der Waals surface area contributed by atoms with Gasteiger partial charge in [-0.15, -0.1) is 0 Å². The predicted octanol–water partition coefficient (Wildman–Crippen LogP) is -0.868. The molecule has 3 N–H and O–H groups in total. The van der Waals surface area contributed by atoms with E-state index >= 15 is 0 Å². The molecule has 0 aliphatic rings. The number of hydrogen-bond donors (Lipinski definition) is 3. The Kier molecular flexibility index (Phi) is 4.71. The van der Waals surface area contributed by atoms with Gasteiger partial charge in [0.05, 0.1) is 27.7 Å². The van der Waals surface area contributed by atoms with Gasteiger partial charge in [-0.2, -0.15) is 0 Å². The van der Waals surface area contributed by atoms with Gasteiger partial charge in [-0.1, -0.05) is 0 Å². The van der Waals surface area contributed by atoms with E-state index < -0.39 is 20.6 Å². The summed E-state index contributed by atoms with van der Waals surface area (Å²) < 4.78 is 22.0. The highest BCUT2D eigenvalue weighted by Gasteiger charge is 2.37. The highest BCUT2D eigenvalue weighted by Crippen LogP contribution is 2.59. The van der Waals surface area contributed by atoms with E-state index in [0.717, 1.165) is 0 Å². The molecule has 0 radical (unpaired) electrons. The summed E-state index contributed by atoms with van der Waals surface area (Å²) in [6.45, 7) is 0.239. The molecule has 0 aromatic heterocycles. The van der Waals surface area contributed by atoms with Crippen molar-refractivity contribution in [1.29, 1.82) is 0 Å². The second-order valence-electron chi connectivity index (χ2n) is 4.44. The van der Waals surface area contributed by atoms with Crippen molar-refractivity contribution in [3.63, 3.8) is 0 Å². The van der Waals surface area contributed by atoms with Gasteiger partial charge < -0.3 is 28.6 Å². The van der Waals surface area contributed by atoms with E-state index in [1.54, 1.807) is 21.1 Å². The molecular formula is C6H17NO6P2. The predicted molar refractivity (Wildman–Crippen MR) is 53.2 cm³/mol. The van der Waals surface area contributed by atoms with E-state index in [2.05, 4.69) is 0 Å². The summed E-state index contributed by atoms with van der Waals surface area (Å²) in [7, 11) is -4.56. The molecule has 0 aliphatic carbocycles. The first-order valence-corrected chi connectivity index (χ1v) is 7.56. The normalized spacial score (nSPS) is 19.7. The van der Waals surface area contributed by atoms with Gasteiger partial charge in [0, 0.05) is 6.42 Å². The first-order chi connectivity index (χ1) is 6.34. The minimum Gasteiger partial charge on any atom is -0.778 e. The fraction of sp³-hybridized carbons (Fsp3) is 1.00. The third-order valence-electron chi connectivity index (χ3n) is 1.82. The van der Waals surface area contributed by atoms with Gasteiger partial charge in [0.15, 0.2) is 0 Å². The van der Waals surface area contributed by atoms with E-state index in [1.807, 2.05) is 0 Å². The van der Waals surface area contributed by atoms with Crippen molar-refractivity contribution in [2.75, 3.05) is 27.7 Å². The van der Waals surface area contributed by atoms with Crippen LogP contribution in [0.25, 0.3) is 0 Å². The van der Waals surface area contributed by atoms with Crippen LogP contribution in [0.15, 0.2) is 0 Å². The zero-order valence-corrected chi connectivity index (χ0v) is 10.7. The van der Waals surface area contributed by atoms with Gasteiger partial charge in [-0.3, -0.25) is 4.57 Å². The summed E-state index contributed by atoms with van der Waals surface area (Å²) in [5, 5.41) is -2.00. The van der Waals surface area contributed by atoms with Crippen molar-refractivity contribution in [2.24, 2.45) is 0 Å². The lowest BCUT2D eigenvalue weighted by molar-refractivity contribution is -0.870. The van der Waals surface area contributed by atoms with Crippen molar-refractivity contribution in [2.45, 2.75) is 11.8 Å². The van der Waals surface area contributed by atoms with Gasteiger partial charge in [0.25, 0.3) is 0 Å². The number of quaternary nitrogens is 1. The number of hydrogen-bond acceptors (Lipinski definition) is 3. The van der Waals surface area contributed by atoms with Gasteiger partial charge in [-0.25, -0.2) is 0 Å². The van der Waals surface area contributed by atoms with Crippen LogP contribution in [0.5, 0.6) is 0 Å². The van der Waals surface area contributed by atoms with Crippen molar-refractivity contribution >= 4 is 15.2 Å². The molecule has 0 fully saturated rings. The van der Waals surface area contributed by atoms with Crippen LogP contribution in [-0.2, 0) is 9.13 Å². The van der Waals surface area contributed by atoms with Crippen LogP contribution in [0.4, 0.5) is 0 Å². The van der Waals surface area contributed by atoms with Crippen LogP contribution in [0.3, 0.4) is 0 Å². The quantitative estimate of drug-likeness (QED) is 0.437. The molecule has 92 valence electrons. The van der Waals surface area contributed by atoms with Crippen molar-refractivity contribution in [3.05, 3.63) is 0 Å². The smallest absolute Gasteiger partial charge is 0.337 e. The molecule has 9 heteroatoms. The van der Waals surface area contributed by atoms with Crippen LogP contribution in [-0.4, -0.2) is 52.3 Å². The van der Waals surface area contributed by atoms with E-state index in [4.69, 9.17) is 14.7 Å². The Morgan fingerprint density at radius 1 is 1.20 bits per heavy atom. The lowest BCUT2D eigenvalue weighted by Crippen LogP contribution is -2.37. The molecule has 0 saturated heterocycles. The molecule has 0 bridgehead atoms. The maximum Gasteiger partial charge on any atom is 0.337 e. The molecule has 0 rings (SSSR count). The summed E-state index contributed by atoms with van der Waals surface area (Å²) in [6, 6.07) is 0. The Morgan fingerprint density at radius 2 is 1.60 bits per heavy atom. The first-order valence-electron chi connectivity index (χ1n) is 4.23. The third-order valence-corrected chi connectivity index (χ3v) is 5.65. The molecule has 0 aromatic carbocycles. The second kappa shape index (κ2) is 4.63. The largest absolute Gasteiger partial charge is 0.778 e. The SMILES string of the molecule is C[N+](C)(C)CCC(P(=O)([O-])O)P(=O)(O)O. The van der Waals surface area contributed by atoms with E-state index in [9.17, 15) is 14.0 Å². The van der Waals surface area contributed by atoms with E-state index in [0.29, 0.717) is 4.48 Å². The molecule has 15 heavy (non-hydrogen) atoms. The minimum absolute atomic E-state index is 0.239. The summed E-state index contributed by atoms with van der Waals surface area (Å²) in [5.41, 5.74) is 0. The summed E-state index contributed by atoms with van der Waals surface area (Å²) >= 11 is 0. The Balaban J connectivity index is 4.72. The summed E-state index contributed by atoms with van der Waals surface area (Å²) in [5.74, 6) is 0. The maximum atomic E-state index is 10.9. The fourth-order valence-corrected chi connectivity index (χ4v) is 3.44. The average Bonchev–Trinajstić information content (AvgIpc) is 1.75. The van der Waals surface area contributed by atoms with Crippen LogP contribution < -0.4 is 4.89 Å². The average molecular weight is 261 g/mol. The molecule has 0 heterocycles. The first kappa shape index (κ1) is 15.3. The Hall–Kier alpha value is 0.260. The van der Waals surface area contributed by atoms with Gasteiger partial charge in [0.2, 0.25) is 0 Å². The van der Waals surface area contributed by atoms with Crippen molar-refractivity contribution < 1.29 is 33.2 Å². The summed E-state index contributed by atoms with van der Waals surface area (Å²) in [6.07, 6.45) is -0.273. The highest BCUT2D eigenvalue weighted by molar-refractivity contribution is 7.70. The third kappa shape index (κ3) is 6.43. The lowest BCUT2D eigenvalue weighted by Gasteiger charge is -2.31. The Bertz CT molecular complexity index is 277. The van der Waals surface area contributed by atoms with Gasteiger partial charge in [0.1, 0.15) is 13.0 Å². The minimum atomic E-state index is -5.01.